The van der Waals surface area contributed by atoms with Gasteiger partial charge in [-0.1, -0.05) is 28.1 Å². The molecule has 15 heavy (non-hydrogen) atoms. The molecule has 0 radical (unpaired) electrons. The highest BCUT2D eigenvalue weighted by atomic mass is 79.9. The molecule has 0 amide bonds. The Morgan fingerprint density at radius 2 is 2.20 bits per heavy atom. The van der Waals surface area contributed by atoms with Crippen molar-refractivity contribution in [1.82, 2.24) is 0 Å². The Bertz CT molecular complexity index is 524. The fourth-order valence-electron chi connectivity index (χ4n) is 1.98. The van der Waals surface area contributed by atoms with Crippen molar-refractivity contribution in [3.63, 3.8) is 0 Å². The molecule has 2 heteroatoms. The van der Waals surface area contributed by atoms with Crippen LogP contribution >= 0.6 is 15.9 Å². The van der Waals surface area contributed by atoms with Gasteiger partial charge in [-0.05, 0) is 41.8 Å². The third-order valence-electron chi connectivity index (χ3n) is 2.64. The van der Waals surface area contributed by atoms with Gasteiger partial charge in [-0.3, -0.25) is 0 Å². The van der Waals surface area contributed by atoms with Crippen LogP contribution in [-0.4, -0.2) is 0 Å². The average molecular weight is 261 g/mol. The van der Waals surface area contributed by atoms with Crippen LogP contribution in [0.25, 0.3) is 17.4 Å². The minimum atomic E-state index is 0.930. The quantitative estimate of drug-likeness (QED) is 0.746. The normalized spacial score (nSPS) is 13.1. The molecule has 0 saturated carbocycles. The second kappa shape index (κ2) is 3.38. The van der Waals surface area contributed by atoms with Gasteiger partial charge in [-0.25, -0.2) is 0 Å². The molecule has 0 bridgehead atoms. The molecule has 1 aromatic carbocycles. The molecule has 0 aliphatic heterocycles. The SMILES string of the molecule is Brc1cc2c(c(-c3ccco3)c1)C=CC2. The van der Waals surface area contributed by atoms with E-state index in [9.17, 15) is 0 Å². The predicted molar refractivity (Wildman–Crippen MR) is 64.6 cm³/mol. The summed E-state index contributed by atoms with van der Waals surface area (Å²) in [5, 5.41) is 0. The summed E-state index contributed by atoms with van der Waals surface area (Å²) in [5.74, 6) is 0.930. The van der Waals surface area contributed by atoms with Crippen LogP contribution in [0.2, 0.25) is 0 Å². The lowest BCUT2D eigenvalue weighted by molar-refractivity contribution is 0.582. The highest BCUT2D eigenvalue weighted by Gasteiger charge is 2.14. The smallest absolute Gasteiger partial charge is 0.134 e. The van der Waals surface area contributed by atoms with E-state index >= 15 is 0 Å². The molecule has 1 nitrogen and oxygen atoms in total. The zero-order valence-electron chi connectivity index (χ0n) is 8.03. The first kappa shape index (κ1) is 8.98. The minimum absolute atomic E-state index is 0.930. The number of fused-ring (bicyclic) bond motifs is 1. The Kier molecular flexibility index (Phi) is 2.03. The largest absolute Gasteiger partial charge is 0.464 e. The van der Waals surface area contributed by atoms with Gasteiger partial charge in [0.15, 0.2) is 0 Å². The Morgan fingerprint density at radius 1 is 1.27 bits per heavy atom. The molecule has 3 rings (SSSR count). The maximum atomic E-state index is 5.45. The van der Waals surface area contributed by atoms with Crippen LogP contribution in [0.5, 0.6) is 0 Å². The Labute approximate surface area is 96.5 Å². The molecule has 1 aliphatic rings. The zero-order chi connectivity index (χ0) is 10.3. The van der Waals surface area contributed by atoms with E-state index in [4.69, 9.17) is 4.42 Å². The van der Waals surface area contributed by atoms with Crippen molar-refractivity contribution >= 4 is 22.0 Å². The van der Waals surface area contributed by atoms with Gasteiger partial charge >= 0.3 is 0 Å². The summed E-state index contributed by atoms with van der Waals surface area (Å²) in [7, 11) is 0. The number of benzene rings is 1. The first-order chi connectivity index (χ1) is 7.34. The highest BCUT2D eigenvalue weighted by Crippen LogP contribution is 2.34. The molecule has 0 fully saturated rings. The number of hydrogen-bond donors (Lipinski definition) is 0. The number of allylic oxidation sites excluding steroid dienone is 1. The van der Waals surface area contributed by atoms with Gasteiger partial charge in [0.05, 0.1) is 6.26 Å². The lowest BCUT2D eigenvalue weighted by atomic mass is 10.0. The van der Waals surface area contributed by atoms with E-state index in [1.165, 1.54) is 11.1 Å². The molecule has 1 heterocycles. The Morgan fingerprint density at radius 3 is 3.00 bits per heavy atom. The average Bonchev–Trinajstić information content (AvgIpc) is 2.86. The molecular formula is C13H9BrO. The van der Waals surface area contributed by atoms with Crippen LogP contribution in [-0.2, 0) is 6.42 Å². The second-order valence-electron chi connectivity index (χ2n) is 3.61. The molecule has 0 atom stereocenters. The molecule has 0 N–H and O–H groups in total. The van der Waals surface area contributed by atoms with Gasteiger partial charge < -0.3 is 4.42 Å². The molecule has 0 spiro atoms. The van der Waals surface area contributed by atoms with E-state index in [-0.39, 0.29) is 0 Å². The van der Waals surface area contributed by atoms with Crippen molar-refractivity contribution in [1.29, 1.82) is 0 Å². The molecule has 1 aliphatic carbocycles. The first-order valence-electron chi connectivity index (χ1n) is 4.87. The van der Waals surface area contributed by atoms with Crippen LogP contribution in [0.4, 0.5) is 0 Å². The van der Waals surface area contributed by atoms with Gasteiger partial charge in [0.1, 0.15) is 5.76 Å². The van der Waals surface area contributed by atoms with Crippen molar-refractivity contribution in [2.75, 3.05) is 0 Å². The third-order valence-corrected chi connectivity index (χ3v) is 3.10. The van der Waals surface area contributed by atoms with E-state index in [2.05, 4.69) is 40.2 Å². The summed E-state index contributed by atoms with van der Waals surface area (Å²) < 4.78 is 6.55. The van der Waals surface area contributed by atoms with Crippen LogP contribution in [0.1, 0.15) is 11.1 Å². The standard InChI is InChI=1S/C13H9BrO/c14-10-7-9-3-1-4-11(9)12(8-10)13-5-2-6-15-13/h1-2,4-8H,3H2. The molecule has 0 unspecified atom stereocenters. The first-order valence-corrected chi connectivity index (χ1v) is 5.67. The van der Waals surface area contributed by atoms with E-state index in [1.807, 2.05) is 12.1 Å². The van der Waals surface area contributed by atoms with Crippen molar-refractivity contribution in [2.45, 2.75) is 6.42 Å². The van der Waals surface area contributed by atoms with Gasteiger partial charge in [0.25, 0.3) is 0 Å². The summed E-state index contributed by atoms with van der Waals surface area (Å²) in [6.45, 7) is 0. The molecule has 74 valence electrons. The fourth-order valence-corrected chi connectivity index (χ4v) is 2.48. The highest BCUT2D eigenvalue weighted by molar-refractivity contribution is 9.10. The Hall–Kier alpha value is -1.28. The van der Waals surface area contributed by atoms with Gasteiger partial charge in [0, 0.05) is 10.0 Å². The van der Waals surface area contributed by atoms with Crippen LogP contribution < -0.4 is 0 Å². The van der Waals surface area contributed by atoms with Crippen LogP contribution in [0, 0.1) is 0 Å². The van der Waals surface area contributed by atoms with Crippen molar-refractivity contribution in [3.05, 3.63) is 52.2 Å². The topological polar surface area (TPSA) is 13.1 Å². The van der Waals surface area contributed by atoms with E-state index < -0.39 is 0 Å². The van der Waals surface area contributed by atoms with Crippen molar-refractivity contribution in [3.8, 4) is 11.3 Å². The number of furan rings is 1. The summed E-state index contributed by atoms with van der Waals surface area (Å²) in [6.07, 6.45) is 7.08. The van der Waals surface area contributed by atoms with Gasteiger partial charge in [0.2, 0.25) is 0 Å². The molecule has 0 saturated heterocycles. The minimum Gasteiger partial charge on any atom is -0.464 e. The fraction of sp³-hybridized carbons (Fsp3) is 0.0769. The van der Waals surface area contributed by atoms with E-state index in [0.717, 1.165) is 22.2 Å². The van der Waals surface area contributed by atoms with Crippen molar-refractivity contribution < 1.29 is 4.42 Å². The van der Waals surface area contributed by atoms with Crippen molar-refractivity contribution in [2.24, 2.45) is 0 Å². The molecular weight excluding hydrogens is 252 g/mol. The predicted octanol–water partition coefficient (Wildman–Crippen LogP) is 4.28. The molecule has 2 aromatic rings. The summed E-state index contributed by atoms with van der Waals surface area (Å²) in [6, 6.07) is 8.19. The van der Waals surface area contributed by atoms with Gasteiger partial charge in [-0.2, -0.15) is 0 Å². The van der Waals surface area contributed by atoms with E-state index in [1.54, 1.807) is 6.26 Å². The summed E-state index contributed by atoms with van der Waals surface area (Å²) >= 11 is 3.53. The lowest BCUT2D eigenvalue weighted by Crippen LogP contribution is -1.86. The Balaban J connectivity index is 2.27. The molecule has 1 aromatic heterocycles. The number of halogens is 1. The maximum absolute atomic E-state index is 5.45. The van der Waals surface area contributed by atoms with E-state index in [0.29, 0.717) is 0 Å². The summed E-state index contributed by atoms with van der Waals surface area (Å²) in [5.41, 5.74) is 3.81. The monoisotopic (exact) mass is 260 g/mol. The number of hydrogen-bond acceptors (Lipinski definition) is 1. The second-order valence-corrected chi connectivity index (χ2v) is 4.53. The maximum Gasteiger partial charge on any atom is 0.134 e. The van der Waals surface area contributed by atoms with Gasteiger partial charge in [-0.15, -0.1) is 0 Å². The van der Waals surface area contributed by atoms with Crippen LogP contribution in [0.3, 0.4) is 0 Å². The summed E-state index contributed by atoms with van der Waals surface area (Å²) in [4.78, 5) is 0. The lowest BCUT2D eigenvalue weighted by Gasteiger charge is -2.06. The number of rotatable bonds is 1. The third kappa shape index (κ3) is 1.45. The zero-order valence-corrected chi connectivity index (χ0v) is 9.62. The van der Waals surface area contributed by atoms with Crippen LogP contribution in [0.15, 0.2) is 45.5 Å².